The summed E-state index contributed by atoms with van der Waals surface area (Å²) in [7, 11) is 0. The molecule has 2 aromatic carbocycles. The number of thioether (sulfide) groups is 1. The second-order valence-electron chi connectivity index (χ2n) is 7.14. The predicted octanol–water partition coefficient (Wildman–Crippen LogP) is 3.98. The van der Waals surface area contributed by atoms with Crippen LogP contribution >= 0.6 is 23.4 Å². The Morgan fingerprint density at radius 2 is 1.87 bits per heavy atom. The molecule has 1 amide bonds. The number of carbonyl (C=O) groups excluding carboxylic acids is 1. The number of amides is 1. The highest BCUT2D eigenvalue weighted by atomic mass is 35.5. The predicted molar refractivity (Wildman–Crippen MR) is 121 cm³/mol. The van der Waals surface area contributed by atoms with Gasteiger partial charge in [-0.15, -0.1) is 0 Å². The number of anilines is 1. The average Bonchev–Trinajstić information content (AvgIpc) is 3.23. The first kappa shape index (κ1) is 20.6. The van der Waals surface area contributed by atoms with Crippen LogP contribution in [0.3, 0.4) is 0 Å². The molecule has 3 aromatic rings. The number of rotatable bonds is 5. The second-order valence-corrected chi connectivity index (χ2v) is 8.49. The third-order valence-electron chi connectivity index (χ3n) is 5.28. The molecule has 0 bridgehead atoms. The number of phenols is 1. The van der Waals surface area contributed by atoms with Crippen molar-refractivity contribution in [2.24, 2.45) is 0 Å². The van der Waals surface area contributed by atoms with E-state index in [-0.39, 0.29) is 11.7 Å². The maximum absolute atomic E-state index is 12.7. The van der Waals surface area contributed by atoms with Gasteiger partial charge in [-0.2, -0.15) is 0 Å². The number of nitrogens with zero attached hydrogens (tertiary/aromatic N) is 4. The fourth-order valence-corrected chi connectivity index (χ4v) is 4.57. The van der Waals surface area contributed by atoms with E-state index < -0.39 is 0 Å². The minimum atomic E-state index is 0.114. The lowest BCUT2D eigenvalue weighted by atomic mass is 10.2. The minimum Gasteiger partial charge on any atom is -0.508 e. The SMILES string of the molecule is Cc1c(Cl)cccc1-n1ccnc1SCC(=O)N1CCN(c2ccc(O)cc2)CC1. The van der Waals surface area contributed by atoms with Crippen molar-refractivity contribution >= 4 is 35.0 Å². The monoisotopic (exact) mass is 442 g/mol. The van der Waals surface area contributed by atoms with Crippen LogP contribution in [0, 0.1) is 6.92 Å². The molecule has 8 heteroatoms. The van der Waals surface area contributed by atoms with Gasteiger partial charge in [0.05, 0.1) is 11.4 Å². The van der Waals surface area contributed by atoms with E-state index in [9.17, 15) is 9.90 Å². The highest BCUT2D eigenvalue weighted by Crippen LogP contribution is 2.27. The molecule has 1 aromatic heterocycles. The van der Waals surface area contributed by atoms with E-state index in [1.54, 1.807) is 18.3 Å². The van der Waals surface area contributed by atoms with Gasteiger partial charge >= 0.3 is 0 Å². The topological polar surface area (TPSA) is 61.6 Å². The van der Waals surface area contributed by atoms with Crippen LogP contribution in [-0.2, 0) is 4.79 Å². The van der Waals surface area contributed by atoms with Crippen molar-refractivity contribution in [2.45, 2.75) is 12.1 Å². The summed E-state index contributed by atoms with van der Waals surface area (Å²) < 4.78 is 1.97. The number of hydrogen-bond acceptors (Lipinski definition) is 5. The van der Waals surface area contributed by atoms with Crippen LogP contribution in [-0.4, -0.2) is 57.4 Å². The number of aromatic nitrogens is 2. The van der Waals surface area contributed by atoms with Gasteiger partial charge < -0.3 is 14.9 Å². The Morgan fingerprint density at radius 3 is 2.60 bits per heavy atom. The Hall–Kier alpha value is -2.64. The molecule has 0 atom stereocenters. The van der Waals surface area contributed by atoms with Gasteiger partial charge in [0.1, 0.15) is 5.75 Å². The first-order chi connectivity index (χ1) is 14.5. The summed E-state index contributed by atoms with van der Waals surface area (Å²) in [6.07, 6.45) is 3.63. The Bertz CT molecular complexity index is 1030. The maximum Gasteiger partial charge on any atom is 0.233 e. The number of piperazine rings is 1. The third kappa shape index (κ3) is 4.42. The second kappa shape index (κ2) is 9.02. The van der Waals surface area contributed by atoms with Crippen molar-refractivity contribution in [1.29, 1.82) is 0 Å². The number of benzene rings is 2. The molecule has 4 rings (SSSR count). The summed E-state index contributed by atoms with van der Waals surface area (Å²) in [6, 6.07) is 13.0. The fraction of sp³-hybridized carbons (Fsp3) is 0.273. The Morgan fingerprint density at radius 1 is 1.13 bits per heavy atom. The molecular weight excluding hydrogens is 420 g/mol. The molecule has 1 aliphatic rings. The van der Waals surface area contributed by atoms with Gasteiger partial charge in [0.15, 0.2) is 5.16 Å². The van der Waals surface area contributed by atoms with Crippen LogP contribution in [0.4, 0.5) is 5.69 Å². The molecule has 1 aliphatic heterocycles. The Balaban J connectivity index is 1.35. The van der Waals surface area contributed by atoms with Gasteiger partial charge in [0.25, 0.3) is 0 Å². The Labute approximate surface area is 185 Å². The number of phenolic OH excluding ortho intramolecular Hbond substituents is 1. The highest BCUT2D eigenvalue weighted by Gasteiger charge is 2.22. The number of carbonyl (C=O) groups is 1. The van der Waals surface area contributed by atoms with Crippen molar-refractivity contribution in [1.82, 2.24) is 14.5 Å². The molecule has 156 valence electrons. The smallest absolute Gasteiger partial charge is 0.233 e. The fourth-order valence-electron chi connectivity index (χ4n) is 3.53. The van der Waals surface area contributed by atoms with Crippen LogP contribution < -0.4 is 4.90 Å². The van der Waals surface area contributed by atoms with E-state index in [0.717, 1.165) is 35.2 Å². The maximum atomic E-state index is 12.7. The lowest BCUT2D eigenvalue weighted by Crippen LogP contribution is -2.49. The standard InChI is InChI=1S/C22H23ClN4O2S/c1-16-19(23)3-2-4-20(16)27-10-9-24-22(27)30-15-21(29)26-13-11-25(12-14-26)17-5-7-18(28)8-6-17/h2-10,28H,11-15H2,1H3. The largest absolute Gasteiger partial charge is 0.508 e. The molecule has 2 heterocycles. The highest BCUT2D eigenvalue weighted by molar-refractivity contribution is 7.99. The number of imidazole rings is 1. The van der Waals surface area contributed by atoms with Gasteiger partial charge in [-0.05, 0) is 48.9 Å². The van der Waals surface area contributed by atoms with Gasteiger partial charge in [-0.1, -0.05) is 29.4 Å². The zero-order valence-electron chi connectivity index (χ0n) is 16.7. The van der Waals surface area contributed by atoms with Gasteiger partial charge in [0, 0.05) is 49.3 Å². The molecule has 0 aliphatic carbocycles. The van der Waals surface area contributed by atoms with Crippen LogP contribution in [0.15, 0.2) is 60.0 Å². The zero-order chi connectivity index (χ0) is 21.1. The van der Waals surface area contributed by atoms with E-state index >= 15 is 0 Å². The van der Waals surface area contributed by atoms with Crippen molar-refractivity contribution in [3.8, 4) is 11.4 Å². The number of aromatic hydroxyl groups is 1. The van der Waals surface area contributed by atoms with E-state index in [0.29, 0.717) is 23.9 Å². The van der Waals surface area contributed by atoms with Gasteiger partial charge in [-0.3, -0.25) is 9.36 Å². The average molecular weight is 443 g/mol. The molecular formula is C22H23ClN4O2S. The minimum absolute atomic E-state index is 0.114. The Kier molecular flexibility index (Phi) is 6.20. The summed E-state index contributed by atoms with van der Waals surface area (Å²) in [5.74, 6) is 0.717. The third-order valence-corrected chi connectivity index (χ3v) is 6.64. The van der Waals surface area contributed by atoms with Crippen LogP contribution in [0.5, 0.6) is 5.75 Å². The normalized spacial score (nSPS) is 14.2. The molecule has 30 heavy (non-hydrogen) atoms. The van der Waals surface area contributed by atoms with E-state index in [4.69, 9.17) is 11.6 Å². The molecule has 1 fully saturated rings. The van der Waals surface area contributed by atoms with Crippen molar-refractivity contribution in [3.63, 3.8) is 0 Å². The van der Waals surface area contributed by atoms with Crippen molar-refractivity contribution < 1.29 is 9.90 Å². The van der Waals surface area contributed by atoms with Gasteiger partial charge in [-0.25, -0.2) is 4.98 Å². The summed E-state index contributed by atoms with van der Waals surface area (Å²) in [4.78, 5) is 21.3. The summed E-state index contributed by atoms with van der Waals surface area (Å²) in [5, 5.41) is 10.9. The molecule has 6 nitrogen and oxygen atoms in total. The summed E-state index contributed by atoms with van der Waals surface area (Å²) in [5.41, 5.74) is 3.02. The number of halogens is 1. The number of hydrogen-bond donors (Lipinski definition) is 1. The molecule has 0 radical (unpaired) electrons. The van der Waals surface area contributed by atoms with E-state index in [1.807, 2.05) is 52.9 Å². The van der Waals surface area contributed by atoms with E-state index in [1.165, 1.54) is 11.8 Å². The zero-order valence-corrected chi connectivity index (χ0v) is 18.2. The van der Waals surface area contributed by atoms with Gasteiger partial charge in [0.2, 0.25) is 5.91 Å². The lowest BCUT2D eigenvalue weighted by molar-refractivity contribution is -0.128. The molecule has 0 unspecified atom stereocenters. The van der Waals surface area contributed by atoms with Crippen molar-refractivity contribution in [3.05, 3.63) is 65.4 Å². The lowest BCUT2D eigenvalue weighted by Gasteiger charge is -2.36. The van der Waals surface area contributed by atoms with Crippen LogP contribution in [0.1, 0.15) is 5.56 Å². The first-order valence-electron chi connectivity index (χ1n) is 9.76. The molecule has 0 saturated carbocycles. The molecule has 1 N–H and O–H groups in total. The summed E-state index contributed by atoms with van der Waals surface area (Å²) >= 11 is 7.70. The summed E-state index contributed by atoms with van der Waals surface area (Å²) in [6.45, 7) is 4.89. The van der Waals surface area contributed by atoms with Crippen LogP contribution in [0.2, 0.25) is 5.02 Å². The molecule has 0 spiro atoms. The molecule has 1 saturated heterocycles. The first-order valence-corrected chi connectivity index (χ1v) is 11.1. The quantitative estimate of drug-likeness (QED) is 0.605. The van der Waals surface area contributed by atoms with Crippen molar-refractivity contribution in [2.75, 3.05) is 36.8 Å². The van der Waals surface area contributed by atoms with E-state index in [2.05, 4.69) is 9.88 Å². The van der Waals surface area contributed by atoms with Crippen LogP contribution in [0.25, 0.3) is 5.69 Å².